The minimum Gasteiger partial charge on any atom is -0.367 e. The Morgan fingerprint density at radius 1 is 0.481 bits per heavy atom. The summed E-state index contributed by atoms with van der Waals surface area (Å²) in [7, 11) is -61.9. The zero-order chi connectivity index (χ0) is 81.9. The van der Waals surface area contributed by atoms with Gasteiger partial charge >= 0.3 is 96.4 Å². The maximum absolute atomic E-state index is 11.3. The molecule has 0 bridgehead atoms. The number of imidazole rings is 1. The third-order valence-corrected chi connectivity index (χ3v) is 37.3. The van der Waals surface area contributed by atoms with Crippen molar-refractivity contribution in [1.29, 1.82) is 0 Å². The Balaban J connectivity index is 0.00000123. The number of nitrogens with zero attached hydrogens (tertiary/aromatic N) is 4. The molecule has 0 aliphatic heterocycles. The van der Waals surface area contributed by atoms with Crippen molar-refractivity contribution in [1.82, 2.24) is 29.9 Å². The van der Waals surface area contributed by atoms with Crippen molar-refractivity contribution < 1.29 is 198 Å². The molecular formula is C44H95N7O41P12. The van der Waals surface area contributed by atoms with E-state index in [4.69, 9.17) is 128 Å². The highest BCUT2D eigenvalue weighted by Crippen LogP contribution is 2.72. The first-order valence-corrected chi connectivity index (χ1v) is 49.4. The number of rotatable bonds is 29. The zero-order valence-corrected chi connectivity index (χ0v) is 65.8. The summed E-state index contributed by atoms with van der Waals surface area (Å²) in [6, 6.07) is 6.87. The normalized spacial score (nSPS) is 16.2. The van der Waals surface area contributed by atoms with Gasteiger partial charge in [0.05, 0.1) is 0 Å². The Kier molecular flexibility index (Phi) is 40.6. The van der Waals surface area contributed by atoms with Crippen LogP contribution >= 0.6 is 91.1 Å². The molecule has 2 fully saturated rings. The van der Waals surface area contributed by atoms with Crippen molar-refractivity contribution in [3.8, 4) is 0 Å². The lowest BCUT2D eigenvalue weighted by atomic mass is 10.1. The van der Waals surface area contributed by atoms with E-state index in [0.29, 0.717) is 37.9 Å². The average Bonchev–Trinajstić information content (AvgIpc) is 1.22. The van der Waals surface area contributed by atoms with Gasteiger partial charge in [-0.2, -0.15) is 0 Å². The summed E-state index contributed by atoms with van der Waals surface area (Å²) in [6.45, 7) is 2.19. The first kappa shape index (κ1) is 103. The molecule has 3 aromatic heterocycles. The van der Waals surface area contributed by atoms with Gasteiger partial charge in [-0.05, 0) is 76.0 Å². The molecule has 2 aliphatic carbocycles. The quantitative estimate of drug-likeness (QED) is 0.0181. The Bertz CT molecular complexity index is 3620. The molecule has 48 nitrogen and oxygen atoms in total. The maximum Gasteiger partial charge on any atom is 0.384 e. The predicted octanol–water partition coefficient (Wildman–Crippen LogP) is -0.464. The standard InChI is InChI=1S/C9H12N2O7P2.C9H23NO7P2.C8H19NO7P2.C8H19NO6P2.C7H11NO7P2.C3H11NO7P2/c12-9(19(13,14)15,20(16,17)18)5-7-6-10-8-3-1-2-4-11(7)8;1-3-4-5-7-10(2)8-6-9(11,18(12,13)14)19(15,16)17;10-8(17(11,12)13,18(14,15)16)9-7-5-3-1-2-4-6-7;10-16(11,12)8(17(13,14)15)9-7-5-3-1-2-4-6-7;9-7(16(10,11)12,17(13,14)15)4-6-2-1-3-8-5-6;4-2-1-3(5,12(6,7)8)13(9,10)11/h1-4,6,12H,5H2,(H2,13,14,15)(H2,16,17,18);11H,3-8H2,1-2H3,(H2,12,13,14)(H2,15,16,17);7,9-10H,1-6H2,(H2,11,12,13)(H2,14,15,16);7-9H,1-6H2,(H2,10,11,12)(H2,13,14,15);1-3,5,9H,4H2,(H2,10,11,12)(H2,13,14,15);5H,1-2,4H2,(H2,6,7,8)(H2,9,10,11). The van der Waals surface area contributed by atoms with E-state index in [0.717, 1.165) is 76.8 Å². The van der Waals surface area contributed by atoms with Crippen LogP contribution in [0.5, 0.6) is 0 Å². The number of pyridine rings is 2. The van der Waals surface area contributed by atoms with Crippen LogP contribution in [0.15, 0.2) is 55.1 Å². The molecule has 104 heavy (non-hydrogen) atoms. The zero-order valence-electron chi connectivity index (χ0n) is 55.1. The minimum absolute atomic E-state index is 0.0174. The molecule has 33 N–H and O–H groups in total. The molecule has 0 saturated heterocycles. The number of fused-ring (bicyclic) bond motifs is 1. The molecule has 0 aromatic carbocycles. The van der Waals surface area contributed by atoms with E-state index in [-0.39, 0.29) is 23.8 Å². The van der Waals surface area contributed by atoms with Gasteiger partial charge in [-0.15, -0.1) is 0 Å². The fourth-order valence-electron chi connectivity index (χ4n) is 9.17. The highest BCUT2D eigenvalue weighted by atomic mass is 31.3. The Hall–Kier alpha value is -0.720. The lowest BCUT2D eigenvalue weighted by Gasteiger charge is -2.33. The lowest BCUT2D eigenvalue weighted by Crippen LogP contribution is -2.49. The third-order valence-electron chi connectivity index (χ3n) is 15.2. The van der Waals surface area contributed by atoms with Crippen LogP contribution in [0.25, 0.3) is 5.65 Å². The van der Waals surface area contributed by atoms with E-state index >= 15 is 0 Å². The van der Waals surface area contributed by atoms with Crippen molar-refractivity contribution in [3.63, 3.8) is 0 Å². The van der Waals surface area contributed by atoms with E-state index in [1.807, 2.05) is 6.92 Å². The van der Waals surface area contributed by atoms with E-state index in [9.17, 15) is 75.2 Å². The summed E-state index contributed by atoms with van der Waals surface area (Å²) in [5.41, 5.74) is 3.37. The number of aromatic nitrogens is 3. The lowest BCUT2D eigenvalue weighted by molar-refractivity contribution is 0.0870. The highest BCUT2D eigenvalue weighted by Gasteiger charge is 2.63. The number of aliphatic hydroxyl groups is 5. The van der Waals surface area contributed by atoms with Crippen molar-refractivity contribution in [2.24, 2.45) is 5.73 Å². The Morgan fingerprint density at radius 3 is 1.20 bits per heavy atom. The monoisotopic (exact) mass is 1750 g/mol. The summed E-state index contributed by atoms with van der Waals surface area (Å²) in [6.07, 6.45) is 14.5. The fraction of sp³-hybridized carbons (Fsp3) is 0.727. The van der Waals surface area contributed by atoms with Gasteiger partial charge in [0.25, 0.3) is 20.3 Å². The Labute approximate surface area is 593 Å². The molecule has 0 amide bonds. The molecule has 3 aromatic rings. The number of hydrogen-bond acceptors (Lipinski definition) is 23. The van der Waals surface area contributed by atoms with Crippen LogP contribution in [-0.2, 0) is 67.6 Å². The average molecular weight is 1750 g/mol. The van der Waals surface area contributed by atoms with Crippen LogP contribution in [0.2, 0.25) is 0 Å². The first-order chi connectivity index (χ1) is 46.4. The predicted molar refractivity (Wildman–Crippen MR) is 364 cm³/mol. The summed E-state index contributed by atoms with van der Waals surface area (Å²) in [5.74, 6) is 0. The van der Waals surface area contributed by atoms with Crippen molar-refractivity contribution in [2.45, 2.75) is 172 Å². The van der Waals surface area contributed by atoms with Crippen LogP contribution in [0.1, 0.15) is 127 Å². The van der Waals surface area contributed by atoms with Gasteiger partial charge in [0.15, 0.2) is 0 Å². The second-order valence-corrected chi connectivity index (χ2v) is 47.3. The minimum atomic E-state index is -5.48. The van der Waals surface area contributed by atoms with Crippen LogP contribution < -0.4 is 16.4 Å². The van der Waals surface area contributed by atoms with Crippen LogP contribution in [0.3, 0.4) is 0 Å². The van der Waals surface area contributed by atoms with Gasteiger partial charge in [0.1, 0.15) is 5.65 Å². The van der Waals surface area contributed by atoms with E-state index in [2.05, 4.69) is 20.6 Å². The third kappa shape index (κ3) is 31.0. The second kappa shape index (κ2) is 40.8. The van der Waals surface area contributed by atoms with Gasteiger partial charge in [-0.3, -0.25) is 70.4 Å². The van der Waals surface area contributed by atoms with Crippen LogP contribution in [0, 0.1) is 0 Å². The van der Waals surface area contributed by atoms with E-state index in [1.165, 1.54) is 35.1 Å². The Morgan fingerprint density at radius 2 is 0.865 bits per heavy atom. The largest absolute Gasteiger partial charge is 0.384 e. The molecule has 2 aliphatic rings. The first-order valence-electron chi connectivity index (χ1n) is 30.0. The molecule has 3 heterocycles. The number of unbranched alkanes of at least 4 members (excludes halogenated alkanes) is 2. The summed E-state index contributed by atoms with van der Waals surface area (Å²) < 4.78 is 134. The summed E-state index contributed by atoms with van der Waals surface area (Å²) >= 11 is 0. The molecule has 0 unspecified atom stereocenters. The number of nitrogens with two attached hydrogens (primary N) is 1. The number of nitrogens with one attached hydrogen (secondary N) is 2. The molecule has 2 saturated carbocycles. The fourth-order valence-corrected chi connectivity index (χ4v) is 22.2. The smallest absolute Gasteiger partial charge is 0.367 e. The van der Waals surface area contributed by atoms with Crippen LogP contribution in [-0.4, -0.2) is 232 Å². The van der Waals surface area contributed by atoms with Crippen LogP contribution in [0.4, 0.5) is 0 Å². The highest BCUT2D eigenvalue weighted by molar-refractivity contribution is 7.74. The van der Waals surface area contributed by atoms with Crippen molar-refractivity contribution >= 4 is 96.8 Å². The molecule has 5 rings (SSSR count). The van der Waals surface area contributed by atoms with Crippen molar-refractivity contribution in [2.75, 3.05) is 26.7 Å². The SMILES string of the molecule is CCCCCN(C)CCC(O)(P(=O)(O)O)P(=O)(O)O.NCCC(O)(P(=O)(O)O)P(=O)(O)O.O=P(O)(O)C(NC1CCCCCC1)P(=O)(O)O.O=P(O)(O)C(O)(Cc1cccnc1)P(=O)(O)O.O=P(O)(O)C(O)(Cc1cnc2ccccn12)P(=O)(O)O.O=P(O)(O)C(O)(NC1CCCCCC1)P(=O)(O)O. The maximum atomic E-state index is 11.3. The van der Waals surface area contributed by atoms with Gasteiger partial charge in [0, 0.05) is 74.8 Å². The van der Waals surface area contributed by atoms with Gasteiger partial charge in [0.2, 0.25) is 5.52 Å². The molecule has 0 radical (unpaired) electrons. The molecule has 612 valence electrons. The molecule has 0 atom stereocenters. The molecular weight excluding hydrogens is 1650 g/mol. The second-order valence-electron chi connectivity index (χ2n) is 23.6. The number of hydrogen-bond donors (Lipinski definition) is 32. The summed E-state index contributed by atoms with van der Waals surface area (Å²) in [4.78, 5) is 223. The van der Waals surface area contributed by atoms with E-state index < -0.39 is 160 Å². The molecule has 0 spiro atoms. The topological polar surface area (TPSA) is 875 Å². The van der Waals surface area contributed by atoms with Gasteiger partial charge in [-0.25, -0.2) is 4.98 Å². The van der Waals surface area contributed by atoms with E-state index in [1.54, 1.807) is 30.1 Å². The van der Waals surface area contributed by atoms with Gasteiger partial charge < -0.3 is 158 Å². The van der Waals surface area contributed by atoms with Gasteiger partial charge in [-0.1, -0.05) is 83.3 Å². The molecule has 60 heteroatoms. The van der Waals surface area contributed by atoms with Crippen molar-refractivity contribution in [3.05, 3.63) is 66.4 Å². The summed E-state index contributed by atoms with van der Waals surface area (Å²) in [5, 5.41) is 35.3.